The van der Waals surface area contributed by atoms with E-state index in [4.69, 9.17) is 14.2 Å². The Hall–Kier alpha value is -1.10. The minimum atomic E-state index is -0.745. The van der Waals surface area contributed by atoms with Crippen LogP contribution >= 0.6 is 0 Å². The molecule has 0 aromatic carbocycles. The van der Waals surface area contributed by atoms with Crippen LogP contribution in [0.15, 0.2) is 0 Å². The van der Waals surface area contributed by atoms with Gasteiger partial charge in [0.15, 0.2) is 6.10 Å². The highest BCUT2D eigenvalue weighted by atomic mass is 16.7. The van der Waals surface area contributed by atoms with Gasteiger partial charge in [-0.25, -0.2) is 0 Å². The highest BCUT2D eigenvalue weighted by Gasteiger charge is 2.30. The van der Waals surface area contributed by atoms with Gasteiger partial charge in [0.25, 0.3) is 0 Å². The number of hydrogen-bond acceptors (Lipinski definition) is 5. The zero-order chi connectivity index (χ0) is 10.6. The smallest absolute Gasteiger partial charge is 0.305 e. The first-order chi connectivity index (χ1) is 6.59. The molecule has 0 N–H and O–H groups in total. The van der Waals surface area contributed by atoms with Crippen molar-refractivity contribution in [3.63, 3.8) is 0 Å². The maximum Gasteiger partial charge on any atom is 0.305 e. The minimum absolute atomic E-state index is 0.391. The van der Waals surface area contributed by atoms with Gasteiger partial charge >= 0.3 is 11.9 Å². The lowest BCUT2D eigenvalue weighted by Gasteiger charge is -2.29. The maximum absolute atomic E-state index is 10.7. The molecule has 0 amide bonds. The normalized spacial score (nSPS) is 26.7. The van der Waals surface area contributed by atoms with Crippen LogP contribution in [0, 0.1) is 0 Å². The summed E-state index contributed by atoms with van der Waals surface area (Å²) in [5, 5.41) is 0. The minimum Gasteiger partial charge on any atom is -0.456 e. The fraction of sp³-hybridized carbons (Fsp3) is 0.778. The Morgan fingerprint density at radius 2 is 1.86 bits per heavy atom. The molecule has 1 aliphatic rings. The van der Waals surface area contributed by atoms with Crippen molar-refractivity contribution in [2.45, 2.75) is 39.1 Å². The number of rotatable bonds is 2. The summed E-state index contributed by atoms with van der Waals surface area (Å²) in [5.41, 5.74) is 0. The maximum atomic E-state index is 10.7. The molecular weight excluding hydrogens is 188 g/mol. The molecule has 0 unspecified atom stereocenters. The molecule has 1 fully saturated rings. The third kappa shape index (κ3) is 3.33. The van der Waals surface area contributed by atoms with Crippen molar-refractivity contribution >= 4 is 11.9 Å². The van der Waals surface area contributed by atoms with Gasteiger partial charge in [0.2, 0.25) is 6.29 Å². The van der Waals surface area contributed by atoms with Gasteiger partial charge in [0.1, 0.15) is 0 Å². The molecule has 0 saturated carbocycles. The number of carbonyl (C=O) groups is 2. The van der Waals surface area contributed by atoms with Crippen molar-refractivity contribution in [2.75, 3.05) is 6.61 Å². The molecule has 14 heavy (non-hydrogen) atoms. The fourth-order valence-electron chi connectivity index (χ4n) is 1.33. The van der Waals surface area contributed by atoms with Gasteiger partial charge in [-0.3, -0.25) is 9.59 Å². The van der Waals surface area contributed by atoms with E-state index in [-0.39, 0.29) is 0 Å². The van der Waals surface area contributed by atoms with Crippen LogP contribution in [-0.4, -0.2) is 30.9 Å². The predicted octanol–water partition coefficient (Wildman–Crippen LogP) is 0.618. The van der Waals surface area contributed by atoms with Crippen molar-refractivity contribution < 1.29 is 23.8 Å². The molecule has 0 aromatic heterocycles. The molecule has 5 nitrogen and oxygen atoms in total. The second-order valence-corrected chi connectivity index (χ2v) is 3.14. The molecule has 0 spiro atoms. The Morgan fingerprint density at radius 3 is 2.43 bits per heavy atom. The molecule has 0 bridgehead atoms. The number of ether oxygens (including phenoxy) is 3. The zero-order valence-corrected chi connectivity index (χ0v) is 8.32. The first-order valence-electron chi connectivity index (χ1n) is 4.55. The fourth-order valence-corrected chi connectivity index (χ4v) is 1.33. The van der Waals surface area contributed by atoms with Gasteiger partial charge in [-0.15, -0.1) is 0 Å². The van der Waals surface area contributed by atoms with Crippen molar-refractivity contribution in [1.82, 2.24) is 0 Å². The second kappa shape index (κ2) is 4.95. The van der Waals surface area contributed by atoms with Gasteiger partial charge in [0, 0.05) is 13.8 Å². The van der Waals surface area contributed by atoms with E-state index >= 15 is 0 Å². The highest BCUT2D eigenvalue weighted by Crippen LogP contribution is 2.18. The van der Waals surface area contributed by atoms with E-state index in [1.165, 1.54) is 13.8 Å². The molecule has 1 saturated heterocycles. The van der Waals surface area contributed by atoms with Gasteiger partial charge < -0.3 is 14.2 Å². The van der Waals surface area contributed by atoms with Crippen molar-refractivity contribution in [3.8, 4) is 0 Å². The Morgan fingerprint density at radius 1 is 1.21 bits per heavy atom. The van der Waals surface area contributed by atoms with Crippen LogP contribution in [0.25, 0.3) is 0 Å². The van der Waals surface area contributed by atoms with E-state index in [0.29, 0.717) is 13.0 Å². The van der Waals surface area contributed by atoms with Crippen LogP contribution < -0.4 is 0 Å². The monoisotopic (exact) mass is 202 g/mol. The van der Waals surface area contributed by atoms with E-state index in [2.05, 4.69) is 0 Å². The summed E-state index contributed by atoms with van der Waals surface area (Å²) in [5.74, 6) is -0.827. The number of esters is 2. The third-order valence-electron chi connectivity index (χ3n) is 1.82. The Balaban J connectivity index is 2.49. The van der Waals surface area contributed by atoms with E-state index < -0.39 is 24.3 Å². The summed E-state index contributed by atoms with van der Waals surface area (Å²) >= 11 is 0. The first-order valence-corrected chi connectivity index (χ1v) is 4.55. The molecule has 0 aromatic rings. The Bertz CT molecular complexity index is 201. The summed E-state index contributed by atoms with van der Waals surface area (Å²) in [6, 6.07) is 0. The van der Waals surface area contributed by atoms with Crippen LogP contribution in [-0.2, 0) is 23.8 Å². The van der Waals surface area contributed by atoms with Crippen LogP contribution in [0.5, 0.6) is 0 Å². The van der Waals surface area contributed by atoms with Crippen molar-refractivity contribution in [2.24, 2.45) is 0 Å². The van der Waals surface area contributed by atoms with E-state index in [0.717, 1.165) is 6.42 Å². The van der Waals surface area contributed by atoms with Crippen molar-refractivity contribution in [1.29, 1.82) is 0 Å². The molecule has 80 valence electrons. The van der Waals surface area contributed by atoms with E-state index in [1.807, 2.05) is 0 Å². The van der Waals surface area contributed by atoms with Gasteiger partial charge in [-0.05, 0) is 12.8 Å². The van der Waals surface area contributed by atoms with Crippen LogP contribution in [0.3, 0.4) is 0 Å². The molecule has 0 radical (unpaired) electrons. The summed E-state index contributed by atoms with van der Waals surface area (Å²) in [7, 11) is 0. The standard InChI is InChI=1S/C9H14O5/c1-6(10)13-8-4-3-5-12-9(8)14-7(2)11/h8-9H,3-5H2,1-2H3/t8-,9-/m0/s1. The summed E-state index contributed by atoms with van der Waals surface area (Å²) in [4.78, 5) is 21.4. The molecule has 0 aliphatic carbocycles. The first kappa shape index (κ1) is 11.0. The lowest BCUT2D eigenvalue weighted by atomic mass is 10.1. The van der Waals surface area contributed by atoms with Crippen molar-refractivity contribution in [3.05, 3.63) is 0 Å². The SMILES string of the molecule is CC(=O)O[C@@H]1OCCC[C@@H]1OC(C)=O. The molecule has 1 aliphatic heterocycles. The summed E-state index contributed by atoms with van der Waals surface area (Å²) in [6.45, 7) is 3.14. The molecule has 2 atom stereocenters. The summed E-state index contributed by atoms with van der Waals surface area (Å²) in [6.07, 6.45) is 0.253. The highest BCUT2D eigenvalue weighted by molar-refractivity contribution is 5.67. The Labute approximate surface area is 82.3 Å². The lowest BCUT2D eigenvalue weighted by Crippen LogP contribution is -2.40. The second-order valence-electron chi connectivity index (χ2n) is 3.14. The predicted molar refractivity (Wildman–Crippen MR) is 46.3 cm³/mol. The molecular formula is C9H14O5. The average Bonchev–Trinajstić information content (AvgIpc) is 2.06. The average molecular weight is 202 g/mol. The molecule has 1 heterocycles. The number of carbonyl (C=O) groups excluding carboxylic acids is 2. The topological polar surface area (TPSA) is 61.8 Å². The lowest BCUT2D eigenvalue weighted by molar-refractivity contribution is -0.223. The zero-order valence-electron chi connectivity index (χ0n) is 8.32. The largest absolute Gasteiger partial charge is 0.456 e. The van der Waals surface area contributed by atoms with Gasteiger partial charge in [-0.2, -0.15) is 0 Å². The molecule has 1 rings (SSSR count). The molecule has 5 heteroatoms. The Kier molecular flexibility index (Phi) is 3.88. The van der Waals surface area contributed by atoms with E-state index in [9.17, 15) is 9.59 Å². The van der Waals surface area contributed by atoms with Gasteiger partial charge in [-0.1, -0.05) is 0 Å². The quantitative estimate of drug-likeness (QED) is 0.614. The van der Waals surface area contributed by atoms with Crippen LogP contribution in [0.2, 0.25) is 0 Å². The van der Waals surface area contributed by atoms with Gasteiger partial charge in [0.05, 0.1) is 6.61 Å². The van der Waals surface area contributed by atoms with Crippen LogP contribution in [0.4, 0.5) is 0 Å². The number of hydrogen-bond donors (Lipinski definition) is 0. The van der Waals surface area contributed by atoms with E-state index in [1.54, 1.807) is 0 Å². The summed E-state index contributed by atoms with van der Waals surface area (Å²) < 4.78 is 15.0. The van der Waals surface area contributed by atoms with Crippen LogP contribution in [0.1, 0.15) is 26.7 Å². The third-order valence-corrected chi connectivity index (χ3v) is 1.82.